The van der Waals surface area contributed by atoms with Crippen LogP contribution in [0.5, 0.6) is 0 Å². The van der Waals surface area contributed by atoms with Gasteiger partial charge in [-0.2, -0.15) is 5.10 Å². The van der Waals surface area contributed by atoms with E-state index in [0.29, 0.717) is 5.92 Å². The lowest BCUT2D eigenvalue weighted by Crippen LogP contribution is -2.26. The Hall–Kier alpha value is -1.33. The molecule has 106 valence electrons. The molecule has 1 aliphatic heterocycles. The van der Waals surface area contributed by atoms with Gasteiger partial charge >= 0.3 is 0 Å². The summed E-state index contributed by atoms with van der Waals surface area (Å²) in [5.41, 5.74) is 7.07. The normalized spacial score (nSPS) is 18.0. The fourth-order valence-corrected chi connectivity index (χ4v) is 3.33. The first kappa shape index (κ1) is 13.6. The highest BCUT2D eigenvalue weighted by molar-refractivity contribution is 7.98. The first-order chi connectivity index (χ1) is 9.80. The number of benzene rings is 1. The fraction of sp³-hybridized carbons (Fsp3) is 0.467. The van der Waals surface area contributed by atoms with Gasteiger partial charge in [-0.1, -0.05) is 18.2 Å². The molecule has 0 fully saturated rings. The molecule has 0 spiro atoms. The summed E-state index contributed by atoms with van der Waals surface area (Å²) in [6.45, 7) is 1.70. The van der Waals surface area contributed by atoms with Gasteiger partial charge in [0, 0.05) is 24.3 Å². The number of thioether (sulfide) groups is 1. The van der Waals surface area contributed by atoms with Crippen LogP contribution in [0.15, 0.2) is 29.2 Å². The van der Waals surface area contributed by atoms with Gasteiger partial charge in [-0.05, 0) is 36.8 Å². The number of hydrogen-bond donors (Lipinski definition) is 1. The van der Waals surface area contributed by atoms with Crippen LogP contribution in [-0.4, -0.2) is 27.6 Å². The lowest BCUT2D eigenvalue weighted by atomic mass is 9.98. The van der Waals surface area contributed by atoms with Crippen molar-refractivity contribution in [1.82, 2.24) is 14.8 Å². The van der Waals surface area contributed by atoms with Crippen LogP contribution in [0.3, 0.4) is 0 Å². The molecule has 2 heterocycles. The molecule has 20 heavy (non-hydrogen) atoms. The topological polar surface area (TPSA) is 56.7 Å². The van der Waals surface area contributed by atoms with Gasteiger partial charge in [0.2, 0.25) is 0 Å². The molecular formula is C15H20N4S. The van der Waals surface area contributed by atoms with E-state index in [0.717, 1.165) is 44.0 Å². The van der Waals surface area contributed by atoms with Gasteiger partial charge in [0.05, 0.1) is 0 Å². The Balaban J connectivity index is 1.81. The third kappa shape index (κ3) is 2.74. The van der Waals surface area contributed by atoms with E-state index in [-0.39, 0.29) is 0 Å². The van der Waals surface area contributed by atoms with Crippen LogP contribution in [0.2, 0.25) is 0 Å². The number of nitrogens with two attached hydrogens (primary N) is 1. The van der Waals surface area contributed by atoms with Crippen molar-refractivity contribution < 1.29 is 0 Å². The highest BCUT2D eigenvalue weighted by Gasteiger charge is 2.21. The van der Waals surface area contributed by atoms with Crippen molar-refractivity contribution in [3.05, 3.63) is 41.5 Å². The Morgan fingerprint density at radius 2 is 2.25 bits per heavy atom. The van der Waals surface area contributed by atoms with Gasteiger partial charge in [-0.25, -0.2) is 9.67 Å². The van der Waals surface area contributed by atoms with Crippen molar-refractivity contribution in [3.8, 4) is 0 Å². The number of nitrogens with zero attached hydrogens (tertiary/aromatic N) is 3. The highest BCUT2D eigenvalue weighted by atomic mass is 32.2. The summed E-state index contributed by atoms with van der Waals surface area (Å²) in [6.07, 6.45) is 5.00. The van der Waals surface area contributed by atoms with Crippen molar-refractivity contribution in [2.45, 2.75) is 30.7 Å². The maximum absolute atomic E-state index is 5.77. The number of aromatic nitrogens is 3. The van der Waals surface area contributed by atoms with Crippen molar-refractivity contribution in [2.75, 3.05) is 12.8 Å². The zero-order chi connectivity index (χ0) is 13.9. The maximum Gasteiger partial charge on any atom is 0.155 e. The van der Waals surface area contributed by atoms with E-state index in [2.05, 4.69) is 40.3 Å². The van der Waals surface area contributed by atoms with E-state index in [9.17, 15) is 0 Å². The molecule has 3 rings (SSSR count). The highest BCUT2D eigenvalue weighted by Crippen LogP contribution is 2.23. The van der Waals surface area contributed by atoms with Crippen LogP contribution in [-0.2, 0) is 19.4 Å². The van der Waals surface area contributed by atoms with Gasteiger partial charge in [0.15, 0.2) is 5.82 Å². The second kappa shape index (κ2) is 5.97. The largest absolute Gasteiger partial charge is 0.330 e. The van der Waals surface area contributed by atoms with Gasteiger partial charge in [-0.15, -0.1) is 11.8 Å². The molecule has 0 bridgehead atoms. The molecular weight excluding hydrogens is 268 g/mol. The Morgan fingerprint density at radius 3 is 3.05 bits per heavy atom. The van der Waals surface area contributed by atoms with Crippen LogP contribution >= 0.6 is 11.8 Å². The number of hydrogen-bond acceptors (Lipinski definition) is 4. The molecule has 1 aliphatic rings. The van der Waals surface area contributed by atoms with Crippen molar-refractivity contribution >= 4 is 11.8 Å². The monoisotopic (exact) mass is 288 g/mol. The summed E-state index contributed by atoms with van der Waals surface area (Å²) in [7, 11) is 0. The summed E-state index contributed by atoms with van der Waals surface area (Å²) in [5.74, 6) is 2.60. The molecule has 2 aromatic rings. The van der Waals surface area contributed by atoms with E-state index >= 15 is 0 Å². The maximum atomic E-state index is 5.77. The smallest absolute Gasteiger partial charge is 0.155 e. The summed E-state index contributed by atoms with van der Waals surface area (Å²) >= 11 is 1.77. The zero-order valence-corrected chi connectivity index (χ0v) is 12.6. The summed E-state index contributed by atoms with van der Waals surface area (Å²) in [6, 6.07) is 8.47. The predicted octanol–water partition coefficient (Wildman–Crippen LogP) is 2.11. The van der Waals surface area contributed by atoms with E-state index in [1.807, 2.05) is 0 Å². The molecule has 2 N–H and O–H groups in total. The Kier molecular flexibility index (Phi) is 4.08. The molecule has 0 amide bonds. The third-order valence-electron chi connectivity index (χ3n) is 3.89. The molecule has 1 unspecified atom stereocenters. The Morgan fingerprint density at radius 1 is 1.40 bits per heavy atom. The van der Waals surface area contributed by atoms with Gasteiger partial charge < -0.3 is 5.73 Å². The molecule has 1 aromatic carbocycles. The third-order valence-corrected chi connectivity index (χ3v) is 4.73. The number of fused-ring (bicyclic) bond motifs is 1. The second-order valence-corrected chi connectivity index (χ2v) is 6.10. The Labute approximate surface area is 123 Å². The van der Waals surface area contributed by atoms with E-state index in [1.165, 1.54) is 10.5 Å². The molecule has 1 aromatic heterocycles. The minimum absolute atomic E-state index is 0.568. The summed E-state index contributed by atoms with van der Waals surface area (Å²) in [4.78, 5) is 6.01. The average Bonchev–Trinajstić information content (AvgIpc) is 2.89. The van der Waals surface area contributed by atoms with Gasteiger partial charge in [0.25, 0.3) is 0 Å². The molecule has 0 aliphatic carbocycles. The van der Waals surface area contributed by atoms with E-state index in [4.69, 9.17) is 10.7 Å². The van der Waals surface area contributed by atoms with Crippen LogP contribution in [0.4, 0.5) is 0 Å². The second-order valence-electron chi connectivity index (χ2n) is 5.25. The van der Waals surface area contributed by atoms with E-state index < -0.39 is 0 Å². The Bertz CT molecular complexity index is 593. The lowest BCUT2D eigenvalue weighted by molar-refractivity contribution is 0.369. The van der Waals surface area contributed by atoms with Crippen molar-refractivity contribution in [2.24, 2.45) is 11.7 Å². The first-order valence-corrected chi connectivity index (χ1v) is 8.27. The number of aryl methyl sites for hydroxylation is 1. The average molecular weight is 288 g/mol. The molecule has 0 saturated carbocycles. The molecule has 4 nitrogen and oxygen atoms in total. The van der Waals surface area contributed by atoms with Crippen molar-refractivity contribution in [3.63, 3.8) is 0 Å². The van der Waals surface area contributed by atoms with Crippen LogP contribution in [0, 0.1) is 5.92 Å². The number of rotatable bonds is 4. The molecule has 1 atom stereocenters. The van der Waals surface area contributed by atoms with Crippen LogP contribution in [0.25, 0.3) is 0 Å². The van der Waals surface area contributed by atoms with Crippen LogP contribution in [0.1, 0.15) is 23.6 Å². The van der Waals surface area contributed by atoms with Gasteiger partial charge in [-0.3, -0.25) is 0 Å². The fourth-order valence-electron chi connectivity index (χ4n) is 2.72. The summed E-state index contributed by atoms with van der Waals surface area (Å²) < 4.78 is 2.06. The summed E-state index contributed by atoms with van der Waals surface area (Å²) in [5, 5.41) is 4.65. The molecule has 5 heteroatoms. The van der Waals surface area contributed by atoms with E-state index in [1.54, 1.807) is 11.8 Å². The molecule has 0 radical (unpaired) electrons. The molecule has 0 saturated heterocycles. The SMILES string of the molecule is CSc1ccccc1Cc1nc2n(n1)CCC(CN)C2. The van der Waals surface area contributed by atoms with Crippen molar-refractivity contribution in [1.29, 1.82) is 0 Å². The minimum atomic E-state index is 0.568. The van der Waals surface area contributed by atoms with Gasteiger partial charge in [0.1, 0.15) is 5.82 Å². The lowest BCUT2D eigenvalue weighted by Gasteiger charge is -2.19. The zero-order valence-electron chi connectivity index (χ0n) is 11.7. The first-order valence-electron chi connectivity index (χ1n) is 7.04. The predicted molar refractivity (Wildman–Crippen MR) is 81.9 cm³/mol. The van der Waals surface area contributed by atoms with Crippen LogP contribution < -0.4 is 5.73 Å². The standard InChI is InChI=1S/C15H20N4S/c1-20-13-5-3-2-4-12(13)9-14-17-15-8-11(10-16)6-7-19(15)18-14/h2-5,11H,6-10,16H2,1H3. The quantitative estimate of drug-likeness (QED) is 0.876. The minimum Gasteiger partial charge on any atom is -0.330 e.